The van der Waals surface area contributed by atoms with Gasteiger partial charge in [-0.3, -0.25) is 20.2 Å². The summed E-state index contributed by atoms with van der Waals surface area (Å²) < 4.78 is 59.1. The molecule has 1 unspecified atom stereocenters. The Labute approximate surface area is 285 Å². The zero-order valence-electron chi connectivity index (χ0n) is 29.8. The lowest BCUT2D eigenvalue weighted by atomic mass is 9.92. The molecule has 3 heterocycles. The van der Waals surface area contributed by atoms with E-state index in [2.05, 4.69) is 31.6 Å². The number of hydrogen-bond acceptors (Lipinski definition) is 10. The maximum absolute atomic E-state index is 12.6. The molecular weight excluding hydrogens is 645 g/mol. The van der Waals surface area contributed by atoms with Crippen molar-refractivity contribution in [2.24, 2.45) is 0 Å². The molecule has 4 rings (SSSR count). The lowest BCUT2D eigenvalue weighted by Crippen LogP contribution is -2.53. The number of carbonyl (C=O) groups is 2. The minimum Gasteiger partial charge on any atom is -0.376 e. The molecule has 1 aliphatic heterocycles. The summed E-state index contributed by atoms with van der Waals surface area (Å²) in [4.78, 5) is 24.9. The Morgan fingerprint density at radius 1 is 0.755 bits per heavy atom. The predicted molar refractivity (Wildman–Crippen MR) is 179 cm³/mol. The summed E-state index contributed by atoms with van der Waals surface area (Å²) >= 11 is 0. The van der Waals surface area contributed by atoms with Gasteiger partial charge in [-0.1, -0.05) is 51.9 Å². The van der Waals surface area contributed by atoms with Crippen molar-refractivity contribution in [3.8, 4) is 0 Å². The number of anilines is 3. The summed E-state index contributed by atoms with van der Waals surface area (Å²) in [6, 6.07) is 7.89. The van der Waals surface area contributed by atoms with Crippen molar-refractivity contribution < 1.29 is 41.3 Å². The molecule has 49 heavy (non-hydrogen) atoms. The molecule has 2 amide bonds. The van der Waals surface area contributed by atoms with Crippen molar-refractivity contribution in [1.29, 1.82) is 0 Å². The lowest BCUT2D eigenvalue weighted by molar-refractivity contribution is -0.137. The first-order valence-electron chi connectivity index (χ1n) is 15.9. The summed E-state index contributed by atoms with van der Waals surface area (Å²) in [5, 5.41) is 19.4. The van der Waals surface area contributed by atoms with Gasteiger partial charge in [0.1, 0.15) is 5.54 Å². The van der Waals surface area contributed by atoms with Gasteiger partial charge >= 0.3 is 6.18 Å². The second kappa shape index (κ2) is 15.3. The average Bonchev–Trinajstić information content (AvgIpc) is 3.67. The normalized spacial score (nSPS) is 16.0. The molecule has 1 fully saturated rings. The van der Waals surface area contributed by atoms with Crippen LogP contribution in [0.1, 0.15) is 86.2 Å². The topological polar surface area (TPSA) is 153 Å². The van der Waals surface area contributed by atoms with Gasteiger partial charge < -0.3 is 29.2 Å². The number of aromatic nitrogens is 2. The number of hydrogen-bond donors (Lipinski definition) is 4. The fraction of sp³-hybridized carbons (Fsp3) is 0.588. The van der Waals surface area contributed by atoms with E-state index < -0.39 is 28.7 Å². The van der Waals surface area contributed by atoms with Gasteiger partial charge in [-0.15, -0.1) is 0 Å². The van der Waals surface area contributed by atoms with Crippen molar-refractivity contribution in [1.82, 2.24) is 15.6 Å². The molecule has 0 bridgehead atoms. The summed E-state index contributed by atoms with van der Waals surface area (Å²) in [6.07, 6.45) is -4.43. The minimum atomic E-state index is -4.40. The Morgan fingerprint density at radius 3 is 1.65 bits per heavy atom. The molecule has 12 nitrogen and oxygen atoms in total. The average molecular weight is 695 g/mol. The highest BCUT2D eigenvalue weighted by Crippen LogP contribution is 2.31. The van der Waals surface area contributed by atoms with Crippen LogP contribution in [0, 0.1) is 0 Å². The minimum absolute atomic E-state index is 0.0337. The summed E-state index contributed by atoms with van der Waals surface area (Å²) in [7, 11) is 0. The smallest absolute Gasteiger partial charge is 0.376 e. The fourth-order valence-electron chi connectivity index (χ4n) is 4.18. The fourth-order valence-corrected chi connectivity index (χ4v) is 4.18. The Bertz CT molecular complexity index is 1530. The molecule has 4 N–H and O–H groups in total. The van der Waals surface area contributed by atoms with Gasteiger partial charge in [0.2, 0.25) is 17.7 Å². The molecule has 1 aliphatic rings. The van der Waals surface area contributed by atoms with E-state index >= 15 is 0 Å². The van der Waals surface area contributed by atoms with E-state index in [1.54, 1.807) is 26.0 Å². The molecule has 0 aliphatic carbocycles. The molecule has 1 atom stereocenters. The van der Waals surface area contributed by atoms with Gasteiger partial charge in [-0.05, 0) is 52.0 Å². The van der Waals surface area contributed by atoms with E-state index in [-0.39, 0.29) is 28.7 Å². The van der Waals surface area contributed by atoms with E-state index in [9.17, 15) is 22.8 Å². The third kappa shape index (κ3) is 11.9. The van der Waals surface area contributed by atoms with Gasteiger partial charge in [0.25, 0.3) is 5.91 Å². The second-order valence-corrected chi connectivity index (χ2v) is 15.0. The molecule has 15 heteroatoms. The number of amides is 2. The Hall–Kier alpha value is -3.95. The largest absolute Gasteiger partial charge is 0.416 e. The first-order chi connectivity index (χ1) is 22.5. The first kappa shape index (κ1) is 39.5. The van der Waals surface area contributed by atoms with Gasteiger partial charge in [-0.2, -0.15) is 13.2 Å². The maximum Gasteiger partial charge on any atom is 0.416 e. The molecule has 272 valence electrons. The molecular formula is C34H49F3N6O6. The predicted octanol–water partition coefficient (Wildman–Crippen LogP) is 6.51. The molecule has 0 spiro atoms. The summed E-state index contributed by atoms with van der Waals surface area (Å²) in [5.41, 5.74) is -1.07. The number of halogens is 3. The van der Waals surface area contributed by atoms with Crippen LogP contribution in [-0.2, 0) is 36.1 Å². The zero-order chi connectivity index (χ0) is 36.8. The highest BCUT2D eigenvalue weighted by Gasteiger charge is 2.33. The van der Waals surface area contributed by atoms with Crippen molar-refractivity contribution in [2.45, 2.75) is 103 Å². The summed E-state index contributed by atoms with van der Waals surface area (Å²) in [6.45, 7) is 21.2. The van der Waals surface area contributed by atoms with Gasteiger partial charge in [0.15, 0.2) is 0 Å². The van der Waals surface area contributed by atoms with Crippen LogP contribution >= 0.6 is 0 Å². The zero-order valence-corrected chi connectivity index (χ0v) is 29.8. The number of alkyl halides is 3. The third-order valence-electron chi connectivity index (χ3n) is 7.49. The van der Waals surface area contributed by atoms with Crippen LogP contribution in [0.25, 0.3) is 0 Å². The van der Waals surface area contributed by atoms with Crippen molar-refractivity contribution in [3.05, 3.63) is 53.3 Å². The van der Waals surface area contributed by atoms with E-state index in [0.29, 0.717) is 43.6 Å². The van der Waals surface area contributed by atoms with Crippen LogP contribution in [0.15, 0.2) is 45.4 Å². The van der Waals surface area contributed by atoms with Crippen molar-refractivity contribution in [2.75, 3.05) is 42.3 Å². The van der Waals surface area contributed by atoms with Crippen LogP contribution in [0.3, 0.4) is 0 Å². The number of nitrogens with one attached hydrogen (secondary N) is 4. The molecule has 3 aromatic rings. The Balaban J connectivity index is 0.000000267. The standard InChI is InChI=1S/C18H22F3N3O2.C16H27N3O4/c1-16(2,3)13-10-14(26-24-13)22-15(25)17(4,5)23-12-8-6-11(7-9-12)18(19,20)21;1-15(2,3)12-8-13(23-19-12)18-14(20)16(4,5)17-9-11-10-21-6-7-22-11/h6-10,23H,1-5H3,(H,22,25);8,11,17H,6-7,9-10H2,1-5H3,(H,18,20). The van der Waals surface area contributed by atoms with E-state index in [0.717, 1.165) is 17.8 Å². The van der Waals surface area contributed by atoms with Crippen LogP contribution in [0.2, 0.25) is 0 Å². The van der Waals surface area contributed by atoms with E-state index in [1.807, 2.05) is 55.4 Å². The van der Waals surface area contributed by atoms with E-state index in [1.165, 1.54) is 12.1 Å². The number of ether oxygens (including phenoxy) is 2. The second-order valence-electron chi connectivity index (χ2n) is 15.0. The van der Waals surface area contributed by atoms with Gasteiger partial charge in [-0.25, -0.2) is 0 Å². The Kier molecular flexibility index (Phi) is 12.3. The molecule has 1 saturated heterocycles. The third-order valence-corrected chi connectivity index (χ3v) is 7.49. The van der Waals surface area contributed by atoms with Crippen molar-refractivity contribution in [3.63, 3.8) is 0 Å². The SMILES string of the molecule is CC(C)(NCC1COCCO1)C(=O)Nc1cc(C(C)(C)C)no1.CC(C)(Nc1ccc(C(F)(F)F)cc1)C(=O)Nc1cc(C(C)(C)C)no1. The molecule has 0 radical (unpaired) electrons. The number of nitrogens with zero attached hydrogens (tertiary/aromatic N) is 2. The quantitative estimate of drug-likeness (QED) is 0.195. The summed E-state index contributed by atoms with van der Waals surface area (Å²) in [5.74, 6) is -0.0332. The number of benzene rings is 1. The Morgan fingerprint density at radius 2 is 1.24 bits per heavy atom. The molecule has 0 saturated carbocycles. The van der Waals surface area contributed by atoms with Crippen LogP contribution in [0.5, 0.6) is 0 Å². The van der Waals surface area contributed by atoms with Crippen LogP contribution < -0.4 is 21.3 Å². The van der Waals surface area contributed by atoms with Crippen molar-refractivity contribution >= 4 is 29.3 Å². The number of rotatable bonds is 9. The first-order valence-corrected chi connectivity index (χ1v) is 15.9. The lowest BCUT2D eigenvalue weighted by Gasteiger charge is -2.29. The highest BCUT2D eigenvalue weighted by atomic mass is 19.4. The van der Waals surface area contributed by atoms with Crippen LogP contribution in [0.4, 0.5) is 30.6 Å². The van der Waals surface area contributed by atoms with Crippen LogP contribution in [-0.4, -0.2) is 65.7 Å². The number of carbonyl (C=O) groups excluding carboxylic acids is 2. The van der Waals surface area contributed by atoms with E-state index in [4.69, 9.17) is 18.5 Å². The molecule has 1 aromatic carbocycles. The monoisotopic (exact) mass is 694 g/mol. The highest BCUT2D eigenvalue weighted by molar-refractivity contribution is 5.98. The van der Waals surface area contributed by atoms with Gasteiger partial charge in [0, 0.05) is 35.2 Å². The van der Waals surface area contributed by atoms with Gasteiger partial charge in [0.05, 0.1) is 48.4 Å². The maximum atomic E-state index is 12.6. The molecule has 2 aromatic heterocycles.